The lowest BCUT2D eigenvalue weighted by Crippen LogP contribution is -2.62. The van der Waals surface area contributed by atoms with Crippen LogP contribution in [-0.2, 0) is 22.8 Å². The molecule has 0 saturated carbocycles. The minimum absolute atomic E-state index is 0.00877. The number of hydrogen-bond donors (Lipinski definition) is 4. The topological polar surface area (TPSA) is 180 Å². The van der Waals surface area contributed by atoms with Crippen molar-refractivity contribution in [2.45, 2.75) is 38.9 Å². The van der Waals surface area contributed by atoms with Crippen LogP contribution in [0.5, 0.6) is 0 Å². The number of anilines is 2. The number of aromatic nitrogens is 5. The molecule has 0 unspecified atom stereocenters. The molecule has 1 aromatic carbocycles. The number of piperazine rings is 1. The minimum atomic E-state index is -4.82. The van der Waals surface area contributed by atoms with Crippen LogP contribution in [0.25, 0.3) is 17.1 Å². The van der Waals surface area contributed by atoms with Crippen LogP contribution in [0.2, 0.25) is 5.02 Å². The molecule has 60 heavy (non-hydrogen) atoms. The summed E-state index contributed by atoms with van der Waals surface area (Å²) in [5, 5.41) is 22.5. The van der Waals surface area contributed by atoms with Gasteiger partial charge in [-0.3, -0.25) is 14.4 Å². The molecule has 6 heterocycles. The molecule has 0 atom stereocenters. The van der Waals surface area contributed by atoms with Crippen LogP contribution in [0, 0.1) is 11.8 Å². The molecular formula is C40H48ClF3N11O5+. The summed E-state index contributed by atoms with van der Waals surface area (Å²) in [4.78, 5) is 63.9. The van der Waals surface area contributed by atoms with Gasteiger partial charge in [-0.2, -0.15) is 18.3 Å². The van der Waals surface area contributed by atoms with E-state index in [0.29, 0.717) is 68.2 Å². The van der Waals surface area contributed by atoms with Crippen molar-refractivity contribution in [1.82, 2.24) is 39.4 Å². The highest BCUT2D eigenvalue weighted by molar-refractivity contribution is 6.34. The summed E-state index contributed by atoms with van der Waals surface area (Å²) in [6, 6.07) is 7.74. The second-order valence-electron chi connectivity index (χ2n) is 16.2. The average molecular weight is 855 g/mol. The molecule has 20 heteroatoms. The molecule has 0 radical (unpaired) electrons. The first-order chi connectivity index (χ1) is 28.5. The van der Waals surface area contributed by atoms with Crippen molar-refractivity contribution in [3.63, 3.8) is 0 Å². The van der Waals surface area contributed by atoms with Crippen LogP contribution >= 0.6 is 11.6 Å². The number of quaternary nitrogens is 1. The van der Waals surface area contributed by atoms with Gasteiger partial charge in [0, 0.05) is 88.9 Å². The number of carboxylic acids is 1. The average Bonchev–Trinajstić information content (AvgIpc) is 3.80. The number of carbonyl (C=O) groups is 4. The van der Waals surface area contributed by atoms with Crippen molar-refractivity contribution in [1.29, 1.82) is 0 Å². The number of nitrogens with one attached hydrogen (secondary N) is 3. The van der Waals surface area contributed by atoms with E-state index in [9.17, 15) is 37.5 Å². The largest absolute Gasteiger partial charge is 0.477 e. The van der Waals surface area contributed by atoms with Gasteiger partial charge < -0.3 is 39.9 Å². The molecule has 3 saturated heterocycles. The number of alkyl halides is 3. The highest BCUT2D eigenvalue weighted by Crippen LogP contribution is 2.37. The van der Waals surface area contributed by atoms with Crippen LogP contribution < -0.4 is 16.0 Å². The fraction of sp³-hybridized carbons (Fsp3) is 0.475. The molecule has 3 amide bonds. The third-order valence-electron chi connectivity index (χ3n) is 11.5. The smallest absolute Gasteiger partial charge is 0.435 e. The van der Waals surface area contributed by atoms with Gasteiger partial charge in [-0.1, -0.05) is 11.6 Å². The maximum atomic E-state index is 14.2. The molecule has 16 nitrogen and oxygen atoms in total. The van der Waals surface area contributed by atoms with Crippen molar-refractivity contribution >= 4 is 46.7 Å². The van der Waals surface area contributed by atoms with E-state index >= 15 is 0 Å². The molecule has 3 aliphatic heterocycles. The predicted molar refractivity (Wildman–Crippen MR) is 216 cm³/mol. The van der Waals surface area contributed by atoms with Crippen LogP contribution in [0.1, 0.15) is 53.4 Å². The Hall–Kier alpha value is -5.53. The number of amides is 3. The number of benzene rings is 1. The summed E-state index contributed by atoms with van der Waals surface area (Å²) in [7, 11) is 1.41. The number of aliphatic carboxylic acids is 1. The lowest BCUT2D eigenvalue weighted by atomic mass is 9.90. The highest BCUT2D eigenvalue weighted by atomic mass is 35.5. The summed E-state index contributed by atoms with van der Waals surface area (Å²) >= 11 is 6.56. The third-order valence-corrected chi connectivity index (χ3v) is 11.8. The fourth-order valence-corrected chi connectivity index (χ4v) is 8.55. The Morgan fingerprint density at radius 1 is 0.983 bits per heavy atom. The number of pyridine rings is 1. The van der Waals surface area contributed by atoms with Crippen LogP contribution in [0.15, 0.2) is 48.9 Å². The van der Waals surface area contributed by atoms with Crippen LogP contribution in [0.4, 0.5) is 24.5 Å². The highest BCUT2D eigenvalue weighted by Gasteiger charge is 2.42. The molecule has 3 aliphatic rings. The first-order valence-corrected chi connectivity index (χ1v) is 20.3. The van der Waals surface area contributed by atoms with Gasteiger partial charge in [0.25, 0.3) is 11.8 Å². The lowest BCUT2D eigenvalue weighted by molar-refractivity contribution is -0.929. The minimum Gasteiger partial charge on any atom is -0.477 e. The van der Waals surface area contributed by atoms with Crippen molar-refractivity contribution in [3.8, 4) is 17.1 Å². The summed E-state index contributed by atoms with van der Waals surface area (Å²) in [5.74, 6) is -1.61. The van der Waals surface area contributed by atoms with Crippen LogP contribution in [0.3, 0.4) is 0 Å². The summed E-state index contributed by atoms with van der Waals surface area (Å²) < 4.78 is 45.4. The van der Waals surface area contributed by atoms with Crippen molar-refractivity contribution in [3.05, 3.63) is 71.0 Å². The van der Waals surface area contributed by atoms with E-state index < -0.39 is 23.7 Å². The molecule has 3 aromatic heterocycles. The Morgan fingerprint density at radius 3 is 2.25 bits per heavy atom. The van der Waals surface area contributed by atoms with Gasteiger partial charge in [0.05, 0.1) is 59.6 Å². The van der Waals surface area contributed by atoms with E-state index in [1.807, 2.05) is 13.8 Å². The quantitative estimate of drug-likeness (QED) is 0.151. The number of imidazole rings is 1. The van der Waals surface area contributed by atoms with Gasteiger partial charge in [-0.25, -0.2) is 19.4 Å². The van der Waals surface area contributed by atoms with Gasteiger partial charge in [0.1, 0.15) is 0 Å². The van der Waals surface area contributed by atoms with Gasteiger partial charge in [-0.05, 0) is 44.2 Å². The third kappa shape index (κ3) is 9.27. The Labute approximate surface area is 349 Å². The van der Waals surface area contributed by atoms with E-state index in [2.05, 4.69) is 31.0 Å². The first kappa shape index (κ1) is 42.6. The zero-order valence-electron chi connectivity index (χ0n) is 33.5. The number of halogens is 4. The normalized spacial score (nSPS) is 19.9. The molecular weight excluding hydrogens is 807 g/mol. The zero-order valence-corrected chi connectivity index (χ0v) is 34.3. The maximum absolute atomic E-state index is 14.2. The standard InChI is InChI=1S/C40H47ClF3N11O5/c1-24(2)48-28-5-7-33(46-19-28)54-21-30(35(50-54)40(42,43)44)32-20-47-36(51(32)3)37(58)49-27-4-6-29(31(41)16-27)39(60)53-12-10-52(11-13-53)38(59)26-8-14-55(15-9-26,23-34(56)57)22-25-17-45-18-25/h4-7,16,19-21,24-26,45,48H,8-15,17-18,22-23H2,1-3H3,(H-,49,56,57,58,60)/p+1. The van der Waals surface area contributed by atoms with E-state index in [0.717, 1.165) is 30.5 Å². The number of carbonyl (C=O) groups excluding carboxylic acids is 3. The summed E-state index contributed by atoms with van der Waals surface area (Å²) in [6.45, 7) is 9.15. The Bertz CT molecular complexity index is 2240. The predicted octanol–water partition coefficient (Wildman–Crippen LogP) is 4.23. The molecule has 0 bridgehead atoms. The van der Waals surface area contributed by atoms with Gasteiger partial charge in [0.15, 0.2) is 23.9 Å². The zero-order chi connectivity index (χ0) is 42.9. The molecule has 320 valence electrons. The van der Waals surface area contributed by atoms with E-state index in [-0.39, 0.29) is 69.5 Å². The SMILES string of the molecule is CC(C)Nc1ccc(-n2cc(-c3cnc(C(=O)Nc4ccc(C(=O)N5CCN(C(=O)C6CC[N+](CC(=O)O)(CC7CNC7)CC6)CC5)c(Cl)c4)n3C)c(C(F)(F)F)n2)nc1. The lowest BCUT2D eigenvalue weighted by Gasteiger charge is -2.46. The number of piperidine rings is 1. The summed E-state index contributed by atoms with van der Waals surface area (Å²) in [6.07, 6.45) is 0.273. The first-order valence-electron chi connectivity index (χ1n) is 19.9. The van der Waals surface area contributed by atoms with E-state index in [1.54, 1.807) is 21.9 Å². The molecule has 7 rings (SSSR count). The van der Waals surface area contributed by atoms with Gasteiger partial charge >= 0.3 is 12.1 Å². The van der Waals surface area contributed by atoms with Crippen molar-refractivity contribution in [2.24, 2.45) is 18.9 Å². The summed E-state index contributed by atoms with van der Waals surface area (Å²) in [5.41, 5.74) is -0.358. The molecule has 3 fully saturated rings. The monoisotopic (exact) mass is 854 g/mol. The number of hydrogen-bond acceptors (Lipinski definition) is 9. The van der Waals surface area contributed by atoms with Crippen molar-refractivity contribution in [2.75, 3.05) is 76.1 Å². The Balaban J connectivity index is 0.956. The number of carboxylic acid groups (broad SMARTS) is 1. The molecule has 4 aromatic rings. The Morgan fingerprint density at radius 2 is 1.67 bits per heavy atom. The van der Waals surface area contributed by atoms with E-state index in [1.165, 1.54) is 42.2 Å². The number of likely N-dealkylation sites (tertiary alicyclic amines) is 1. The maximum Gasteiger partial charge on any atom is 0.435 e. The molecule has 0 spiro atoms. The number of nitrogens with zero attached hydrogens (tertiary/aromatic N) is 8. The van der Waals surface area contributed by atoms with Crippen molar-refractivity contribution < 1.29 is 41.9 Å². The second-order valence-corrected chi connectivity index (χ2v) is 16.6. The van der Waals surface area contributed by atoms with E-state index in [4.69, 9.17) is 11.6 Å². The van der Waals surface area contributed by atoms with Gasteiger partial charge in [0.2, 0.25) is 5.91 Å². The Kier molecular flexibility index (Phi) is 12.2. The van der Waals surface area contributed by atoms with Crippen LogP contribution in [-0.4, -0.2) is 139 Å². The fourth-order valence-electron chi connectivity index (χ4n) is 8.29. The molecule has 0 aliphatic carbocycles. The second kappa shape index (κ2) is 17.2. The molecule has 4 N–H and O–H groups in total. The van der Waals surface area contributed by atoms with Gasteiger partial charge in [-0.15, -0.1) is 0 Å². The number of rotatable bonds is 12.